The van der Waals surface area contributed by atoms with Crippen LogP contribution in [0.1, 0.15) is 26.0 Å². The molecule has 0 saturated heterocycles. The van der Waals surface area contributed by atoms with Gasteiger partial charge in [0, 0.05) is 29.9 Å². The van der Waals surface area contributed by atoms with Gasteiger partial charge in [-0.1, -0.05) is 13.0 Å². The number of hydrogen-bond donors (Lipinski definition) is 2. The molecule has 0 aliphatic heterocycles. The Morgan fingerprint density at radius 1 is 1.47 bits per heavy atom. The zero-order valence-corrected chi connectivity index (χ0v) is 11.3. The van der Waals surface area contributed by atoms with E-state index in [1.54, 1.807) is 0 Å². The lowest BCUT2D eigenvalue weighted by molar-refractivity contribution is 0.112. The third kappa shape index (κ3) is 3.25. The molecule has 17 heavy (non-hydrogen) atoms. The average Bonchev–Trinajstić information content (AvgIpc) is 2.36. The fourth-order valence-corrected chi connectivity index (χ4v) is 2.06. The number of nitrogens with zero attached hydrogens (tertiary/aromatic N) is 2. The first-order valence-corrected chi connectivity index (χ1v) is 6.08. The van der Waals surface area contributed by atoms with Crippen molar-refractivity contribution < 1.29 is 0 Å². The summed E-state index contributed by atoms with van der Waals surface area (Å²) in [7, 11) is 4.18. The molecule has 1 aromatic heterocycles. The standard InChI is InChI=1S/C13H24N4/c1-5-13(2,17(3)4)12(16-14)10-11-8-6-7-9-15-11/h6-9,12,16H,5,10,14H2,1-4H3. The van der Waals surface area contributed by atoms with Gasteiger partial charge in [0.15, 0.2) is 0 Å². The lowest BCUT2D eigenvalue weighted by atomic mass is 9.85. The molecular weight excluding hydrogens is 212 g/mol. The molecule has 0 aliphatic carbocycles. The lowest BCUT2D eigenvalue weighted by Crippen LogP contribution is -2.59. The van der Waals surface area contributed by atoms with Crippen molar-refractivity contribution >= 4 is 0 Å². The van der Waals surface area contributed by atoms with E-state index in [1.165, 1.54) is 0 Å². The summed E-state index contributed by atoms with van der Waals surface area (Å²) >= 11 is 0. The zero-order chi connectivity index (χ0) is 12.9. The zero-order valence-electron chi connectivity index (χ0n) is 11.3. The quantitative estimate of drug-likeness (QED) is 0.575. The van der Waals surface area contributed by atoms with Crippen LogP contribution in [0.25, 0.3) is 0 Å². The van der Waals surface area contributed by atoms with Gasteiger partial charge in [-0.2, -0.15) is 0 Å². The third-order valence-corrected chi connectivity index (χ3v) is 3.83. The Morgan fingerprint density at radius 3 is 2.59 bits per heavy atom. The minimum atomic E-state index is 0.0201. The molecule has 0 saturated carbocycles. The van der Waals surface area contributed by atoms with E-state index >= 15 is 0 Å². The molecule has 96 valence electrons. The van der Waals surface area contributed by atoms with Gasteiger partial charge < -0.3 is 4.90 Å². The van der Waals surface area contributed by atoms with Crippen molar-refractivity contribution in [2.75, 3.05) is 14.1 Å². The largest absolute Gasteiger partial charge is 0.302 e. The molecule has 2 atom stereocenters. The van der Waals surface area contributed by atoms with Crippen molar-refractivity contribution in [3.63, 3.8) is 0 Å². The van der Waals surface area contributed by atoms with E-state index in [1.807, 2.05) is 24.4 Å². The van der Waals surface area contributed by atoms with E-state index < -0.39 is 0 Å². The van der Waals surface area contributed by atoms with Crippen molar-refractivity contribution in [2.24, 2.45) is 5.84 Å². The van der Waals surface area contributed by atoms with Gasteiger partial charge in [-0.05, 0) is 39.6 Å². The second-order valence-electron chi connectivity index (χ2n) is 4.85. The molecule has 4 nitrogen and oxygen atoms in total. The van der Waals surface area contributed by atoms with E-state index in [0.29, 0.717) is 0 Å². The summed E-state index contributed by atoms with van der Waals surface area (Å²) in [6, 6.07) is 6.15. The summed E-state index contributed by atoms with van der Waals surface area (Å²) in [5.41, 5.74) is 4.03. The maximum absolute atomic E-state index is 5.72. The van der Waals surface area contributed by atoms with Crippen LogP contribution in [0.15, 0.2) is 24.4 Å². The average molecular weight is 236 g/mol. The number of hydrogen-bond acceptors (Lipinski definition) is 4. The first-order chi connectivity index (χ1) is 8.04. The molecule has 0 aliphatic rings. The van der Waals surface area contributed by atoms with Crippen molar-refractivity contribution in [3.05, 3.63) is 30.1 Å². The van der Waals surface area contributed by atoms with Crippen LogP contribution in [-0.4, -0.2) is 35.6 Å². The van der Waals surface area contributed by atoms with E-state index in [2.05, 4.69) is 43.3 Å². The predicted molar refractivity (Wildman–Crippen MR) is 71.4 cm³/mol. The third-order valence-electron chi connectivity index (χ3n) is 3.83. The Hall–Kier alpha value is -0.970. The highest BCUT2D eigenvalue weighted by molar-refractivity contribution is 5.08. The molecule has 1 heterocycles. The van der Waals surface area contributed by atoms with Crippen molar-refractivity contribution in [1.82, 2.24) is 15.3 Å². The van der Waals surface area contributed by atoms with Gasteiger partial charge in [-0.25, -0.2) is 0 Å². The van der Waals surface area contributed by atoms with Gasteiger partial charge in [0.05, 0.1) is 0 Å². The molecule has 0 fully saturated rings. The summed E-state index contributed by atoms with van der Waals surface area (Å²) in [5.74, 6) is 5.72. The molecule has 1 rings (SSSR count). The molecule has 0 aromatic carbocycles. The molecular formula is C13H24N4. The Kier molecular flexibility index (Phi) is 5.05. The maximum Gasteiger partial charge on any atom is 0.0447 e. The van der Waals surface area contributed by atoms with Gasteiger partial charge in [0.25, 0.3) is 0 Å². The summed E-state index contributed by atoms with van der Waals surface area (Å²) in [5, 5.41) is 0. The Balaban J connectivity index is 2.84. The Bertz CT molecular complexity index is 325. The highest BCUT2D eigenvalue weighted by Gasteiger charge is 2.34. The van der Waals surface area contributed by atoms with E-state index in [9.17, 15) is 0 Å². The van der Waals surface area contributed by atoms with Crippen LogP contribution in [0, 0.1) is 0 Å². The van der Waals surface area contributed by atoms with E-state index in [-0.39, 0.29) is 11.6 Å². The predicted octanol–water partition coefficient (Wildman–Crippen LogP) is 1.19. The van der Waals surface area contributed by atoms with Crippen LogP contribution in [0.5, 0.6) is 0 Å². The highest BCUT2D eigenvalue weighted by atomic mass is 15.3. The fraction of sp³-hybridized carbons (Fsp3) is 0.615. The second kappa shape index (κ2) is 6.10. The van der Waals surface area contributed by atoms with E-state index in [4.69, 9.17) is 5.84 Å². The minimum Gasteiger partial charge on any atom is -0.302 e. The lowest BCUT2D eigenvalue weighted by Gasteiger charge is -2.42. The van der Waals surface area contributed by atoms with Gasteiger partial charge >= 0.3 is 0 Å². The SMILES string of the molecule is CCC(C)(C(Cc1ccccn1)NN)N(C)C. The summed E-state index contributed by atoms with van der Waals surface area (Å²) in [6.07, 6.45) is 3.68. The van der Waals surface area contributed by atoms with Gasteiger partial charge in [0.1, 0.15) is 0 Å². The van der Waals surface area contributed by atoms with Crippen LogP contribution in [0.4, 0.5) is 0 Å². The van der Waals surface area contributed by atoms with E-state index in [0.717, 1.165) is 18.5 Å². The summed E-state index contributed by atoms with van der Waals surface area (Å²) < 4.78 is 0. The van der Waals surface area contributed by atoms with Crippen LogP contribution in [0.3, 0.4) is 0 Å². The molecule has 1 aromatic rings. The normalized spacial score (nSPS) is 16.8. The number of likely N-dealkylation sites (N-methyl/N-ethyl adjacent to an activating group) is 1. The van der Waals surface area contributed by atoms with Crippen molar-refractivity contribution in [1.29, 1.82) is 0 Å². The summed E-state index contributed by atoms with van der Waals surface area (Å²) in [4.78, 5) is 6.58. The smallest absolute Gasteiger partial charge is 0.0447 e. The molecule has 0 spiro atoms. The first-order valence-electron chi connectivity index (χ1n) is 6.08. The van der Waals surface area contributed by atoms with Gasteiger partial charge in [-0.3, -0.25) is 16.3 Å². The van der Waals surface area contributed by atoms with Crippen LogP contribution in [-0.2, 0) is 6.42 Å². The molecule has 3 N–H and O–H groups in total. The number of pyridine rings is 1. The van der Waals surface area contributed by atoms with Gasteiger partial charge in [0.2, 0.25) is 0 Å². The topological polar surface area (TPSA) is 54.2 Å². The maximum atomic E-state index is 5.72. The first kappa shape index (κ1) is 14.1. The fourth-order valence-electron chi connectivity index (χ4n) is 2.06. The van der Waals surface area contributed by atoms with Crippen LogP contribution >= 0.6 is 0 Å². The molecule has 0 amide bonds. The second-order valence-corrected chi connectivity index (χ2v) is 4.85. The number of aromatic nitrogens is 1. The number of nitrogens with one attached hydrogen (secondary N) is 1. The number of rotatable bonds is 6. The number of nitrogens with two attached hydrogens (primary N) is 1. The summed E-state index contributed by atoms with van der Waals surface area (Å²) in [6.45, 7) is 4.41. The highest BCUT2D eigenvalue weighted by Crippen LogP contribution is 2.22. The number of hydrazine groups is 1. The molecule has 4 heteroatoms. The molecule has 0 bridgehead atoms. The minimum absolute atomic E-state index is 0.0201. The van der Waals surface area contributed by atoms with Crippen molar-refractivity contribution in [2.45, 2.75) is 38.3 Å². The van der Waals surface area contributed by atoms with Gasteiger partial charge in [-0.15, -0.1) is 0 Å². The Morgan fingerprint density at radius 2 is 2.18 bits per heavy atom. The monoisotopic (exact) mass is 236 g/mol. The molecule has 0 radical (unpaired) electrons. The Labute approximate surface area is 104 Å². The van der Waals surface area contributed by atoms with Crippen LogP contribution < -0.4 is 11.3 Å². The molecule has 2 unspecified atom stereocenters. The van der Waals surface area contributed by atoms with Crippen molar-refractivity contribution in [3.8, 4) is 0 Å². The van der Waals surface area contributed by atoms with Crippen LogP contribution in [0.2, 0.25) is 0 Å².